The molecule has 1 saturated heterocycles. The Morgan fingerprint density at radius 1 is 1.21 bits per heavy atom. The molecule has 1 unspecified atom stereocenters. The second-order valence-corrected chi connectivity index (χ2v) is 6.90. The second-order valence-electron chi connectivity index (χ2n) is 6.90. The van der Waals surface area contributed by atoms with Gasteiger partial charge in [-0.2, -0.15) is 0 Å². The zero-order valence-electron chi connectivity index (χ0n) is 15.7. The third kappa shape index (κ3) is 4.42. The van der Waals surface area contributed by atoms with Crippen LogP contribution >= 0.6 is 0 Å². The number of aryl methyl sites for hydroxylation is 1. The molecule has 3 N–H and O–H groups in total. The highest BCUT2D eigenvalue weighted by molar-refractivity contribution is 6.04. The van der Waals surface area contributed by atoms with Crippen molar-refractivity contribution in [2.24, 2.45) is 0 Å². The molecule has 4 rings (SSSR count). The van der Waals surface area contributed by atoms with E-state index < -0.39 is 18.0 Å². The van der Waals surface area contributed by atoms with Crippen molar-refractivity contribution in [1.29, 1.82) is 0 Å². The quantitative estimate of drug-likeness (QED) is 0.371. The van der Waals surface area contributed by atoms with E-state index in [0.717, 1.165) is 13.0 Å². The Morgan fingerprint density at radius 2 is 2.07 bits per heavy atom. The maximum Gasteiger partial charge on any atom is 0.322 e. The first kappa shape index (κ1) is 18.7. The lowest BCUT2D eigenvalue weighted by Gasteiger charge is -2.07. The number of rotatable bonds is 8. The van der Waals surface area contributed by atoms with Crippen molar-refractivity contribution in [1.82, 2.24) is 35.5 Å². The van der Waals surface area contributed by atoms with Crippen molar-refractivity contribution in [2.75, 3.05) is 6.54 Å². The van der Waals surface area contributed by atoms with Crippen LogP contribution in [0.4, 0.5) is 4.79 Å². The molecule has 0 radical (unpaired) electrons. The van der Waals surface area contributed by atoms with E-state index >= 15 is 0 Å². The van der Waals surface area contributed by atoms with Crippen LogP contribution in [0.3, 0.4) is 0 Å². The fourth-order valence-corrected chi connectivity index (χ4v) is 3.34. The van der Waals surface area contributed by atoms with Crippen LogP contribution in [0.2, 0.25) is 0 Å². The van der Waals surface area contributed by atoms with E-state index in [1.54, 1.807) is 6.20 Å². The van der Waals surface area contributed by atoms with Crippen LogP contribution < -0.4 is 16.0 Å². The Labute approximate surface area is 166 Å². The lowest BCUT2D eigenvalue weighted by atomic mass is 10.2. The Kier molecular flexibility index (Phi) is 5.23. The van der Waals surface area contributed by atoms with Crippen LogP contribution in [0.1, 0.15) is 12.1 Å². The van der Waals surface area contributed by atoms with Crippen molar-refractivity contribution in [3.8, 4) is 0 Å². The van der Waals surface area contributed by atoms with Gasteiger partial charge in [0.2, 0.25) is 5.91 Å². The minimum atomic E-state index is -0.661. The normalized spacial score (nSPS) is 16.1. The van der Waals surface area contributed by atoms with E-state index in [9.17, 15) is 14.4 Å². The lowest BCUT2D eigenvalue weighted by Crippen LogP contribution is -2.31. The first-order chi connectivity index (χ1) is 14.1. The summed E-state index contributed by atoms with van der Waals surface area (Å²) in [6.07, 6.45) is 4.69. The maximum atomic E-state index is 12.1. The molecular weight excluding hydrogens is 374 g/mol. The number of imide groups is 1. The number of urea groups is 1. The average molecular weight is 395 g/mol. The average Bonchev–Trinajstić information content (AvgIpc) is 3.39. The number of carbonyl (C=O) groups excluding carboxylic acids is 3. The number of para-hydroxylation sites is 1. The van der Waals surface area contributed by atoms with Gasteiger partial charge in [-0.15, -0.1) is 5.10 Å². The van der Waals surface area contributed by atoms with Gasteiger partial charge in [-0.25, -0.2) is 9.48 Å². The van der Waals surface area contributed by atoms with Crippen molar-refractivity contribution in [3.63, 3.8) is 0 Å². The highest BCUT2D eigenvalue weighted by Crippen LogP contribution is 2.15. The molecule has 1 aliphatic rings. The van der Waals surface area contributed by atoms with Crippen LogP contribution in [0.5, 0.6) is 0 Å². The third-order valence-corrected chi connectivity index (χ3v) is 4.74. The SMILES string of the molecule is O=C(Cn1cc(CC2NC(=O)NC2=O)nn1)NCCCn1ccc2ccccc21. The minimum Gasteiger partial charge on any atom is -0.354 e. The van der Waals surface area contributed by atoms with Crippen LogP contribution in [0.25, 0.3) is 10.9 Å². The van der Waals surface area contributed by atoms with Gasteiger partial charge in [0.05, 0.1) is 5.69 Å². The van der Waals surface area contributed by atoms with E-state index in [1.165, 1.54) is 15.6 Å². The molecule has 150 valence electrons. The number of hydrogen-bond acceptors (Lipinski definition) is 5. The zero-order valence-corrected chi connectivity index (χ0v) is 15.7. The number of amides is 4. The summed E-state index contributed by atoms with van der Waals surface area (Å²) in [4.78, 5) is 34.8. The van der Waals surface area contributed by atoms with Crippen LogP contribution in [0, 0.1) is 0 Å². The van der Waals surface area contributed by atoms with Crippen molar-refractivity contribution in [3.05, 3.63) is 48.4 Å². The summed E-state index contributed by atoms with van der Waals surface area (Å²) < 4.78 is 3.59. The van der Waals surface area contributed by atoms with Crippen LogP contribution in [0.15, 0.2) is 42.7 Å². The van der Waals surface area contributed by atoms with Crippen molar-refractivity contribution >= 4 is 28.7 Å². The Balaban J connectivity index is 1.20. The Bertz CT molecular complexity index is 1050. The number of aromatic nitrogens is 4. The zero-order chi connectivity index (χ0) is 20.2. The standard InChI is InChI=1S/C19H21N7O3/c27-17(20-7-3-8-25-9-6-13-4-1-2-5-16(13)25)12-26-11-14(23-24-26)10-15-18(28)22-19(29)21-15/h1-2,4-6,9,11,15H,3,7-8,10,12H2,(H,20,27)(H2,21,22,28,29). The van der Waals surface area contributed by atoms with E-state index in [0.29, 0.717) is 12.2 Å². The van der Waals surface area contributed by atoms with Gasteiger partial charge < -0.3 is 15.2 Å². The highest BCUT2D eigenvalue weighted by Gasteiger charge is 2.30. The van der Waals surface area contributed by atoms with Gasteiger partial charge in [-0.3, -0.25) is 14.9 Å². The Morgan fingerprint density at radius 3 is 2.90 bits per heavy atom. The lowest BCUT2D eigenvalue weighted by molar-refractivity contribution is -0.122. The summed E-state index contributed by atoms with van der Waals surface area (Å²) in [5.41, 5.74) is 1.71. The van der Waals surface area contributed by atoms with Gasteiger partial charge in [0, 0.05) is 37.4 Å². The molecule has 1 fully saturated rings. The number of nitrogens with zero attached hydrogens (tertiary/aromatic N) is 4. The van der Waals surface area contributed by atoms with E-state index in [1.807, 2.05) is 12.1 Å². The molecule has 10 nitrogen and oxygen atoms in total. The maximum absolute atomic E-state index is 12.1. The van der Waals surface area contributed by atoms with Gasteiger partial charge in [-0.05, 0) is 23.9 Å². The van der Waals surface area contributed by atoms with Gasteiger partial charge in [-0.1, -0.05) is 23.4 Å². The molecule has 1 aliphatic heterocycles. The first-order valence-corrected chi connectivity index (χ1v) is 9.39. The molecule has 10 heteroatoms. The molecule has 1 aromatic carbocycles. The van der Waals surface area contributed by atoms with E-state index in [-0.39, 0.29) is 18.9 Å². The third-order valence-electron chi connectivity index (χ3n) is 4.74. The molecule has 4 amide bonds. The molecule has 1 atom stereocenters. The van der Waals surface area contributed by atoms with E-state index in [2.05, 4.69) is 55.2 Å². The monoisotopic (exact) mass is 395 g/mol. The number of fused-ring (bicyclic) bond motifs is 1. The largest absolute Gasteiger partial charge is 0.354 e. The predicted octanol–water partition coefficient (Wildman–Crippen LogP) is 0.190. The molecule has 3 aromatic rings. The molecule has 0 bridgehead atoms. The number of carbonyl (C=O) groups is 3. The Hall–Kier alpha value is -3.69. The molecule has 2 aromatic heterocycles. The molecule has 29 heavy (non-hydrogen) atoms. The van der Waals surface area contributed by atoms with Gasteiger partial charge in [0.15, 0.2) is 0 Å². The molecule has 0 spiro atoms. The van der Waals surface area contributed by atoms with Gasteiger partial charge in [0.1, 0.15) is 12.6 Å². The summed E-state index contributed by atoms with van der Waals surface area (Å²) in [7, 11) is 0. The summed E-state index contributed by atoms with van der Waals surface area (Å²) in [5, 5.41) is 16.6. The second kappa shape index (κ2) is 8.13. The molecule has 0 aliphatic carbocycles. The number of nitrogens with one attached hydrogen (secondary N) is 3. The van der Waals surface area contributed by atoms with E-state index in [4.69, 9.17) is 0 Å². The predicted molar refractivity (Wildman–Crippen MR) is 104 cm³/mol. The van der Waals surface area contributed by atoms with Crippen LogP contribution in [-0.2, 0) is 29.1 Å². The van der Waals surface area contributed by atoms with Crippen molar-refractivity contribution < 1.29 is 14.4 Å². The fraction of sp³-hybridized carbons (Fsp3) is 0.316. The summed E-state index contributed by atoms with van der Waals surface area (Å²) in [5.74, 6) is -0.552. The summed E-state index contributed by atoms with van der Waals surface area (Å²) >= 11 is 0. The summed E-state index contributed by atoms with van der Waals surface area (Å²) in [6, 6.07) is 9.09. The highest BCUT2D eigenvalue weighted by atomic mass is 16.2. The molecular formula is C19H21N7O3. The van der Waals surface area contributed by atoms with Gasteiger partial charge >= 0.3 is 6.03 Å². The number of benzene rings is 1. The molecule has 0 saturated carbocycles. The van der Waals surface area contributed by atoms with Crippen molar-refractivity contribution in [2.45, 2.75) is 32.0 Å². The number of hydrogen-bond donors (Lipinski definition) is 3. The molecule has 3 heterocycles. The van der Waals surface area contributed by atoms with Crippen LogP contribution in [-0.4, -0.2) is 50.0 Å². The van der Waals surface area contributed by atoms with Gasteiger partial charge in [0.25, 0.3) is 5.91 Å². The topological polar surface area (TPSA) is 123 Å². The smallest absolute Gasteiger partial charge is 0.322 e. The summed E-state index contributed by atoms with van der Waals surface area (Å²) in [6.45, 7) is 1.42. The minimum absolute atomic E-state index is 0.0443. The first-order valence-electron chi connectivity index (χ1n) is 9.39. The fourth-order valence-electron chi connectivity index (χ4n) is 3.34.